The lowest BCUT2D eigenvalue weighted by atomic mass is 9.93. The predicted molar refractivity (Wildman–Crippen MR) is 117 cm³/mol. The van der Waals surface area contributed by atoms with Gasteiger partial charge in [0.15, 0.2) is 5.96 Å². The molecule has 2 heterocycles. The quantitative estimate of drug-likeness (QED) is 0.229. The first kappa shape index (κ1) is 25.2. The second kappa shape index (κ2) is 12.0. The standard InChI is InChI=1S/C18H27F3N6O.HI/c1-22-15(28)12-13-5-10-27(11-6-13)17(23-2)26-9-8-25-16-14(18(19,20)21)4-3-7-24-16;/h3-4,7,13H,5-6,8-12H2,1-2H3,(H,22,28)(H,23,26)(H,24,25);1H. The van der Waals surface area contributed by atoms with E-state index in [9.17, 15) is 18.0 Å². The number of nitrogens with one attached hydrogen (secondary N) is 3. The summed E-state index contributed by atoms with van der Waals surface area (Å²) in [5, 5.41) is 8.53. The number of carbonyl (C=O) groups is 1. The van der Waals surface area contributed by atoms with Crippen LogP contribution in [0.25, 0.3) is 0 Å². The summed E-state index contributed by atoms with van der Waals surface area (Å²) in [6.07, 6.45) is -0.789. The van der Waals surface area contributed by atoms with Crippen molar-refractivity contribution in [3.05, 3.63) is 23.9 Å². The number of rotatable bonds is 6. The third kappa shape index (κ3) is 7.86. The molecule has 0 radical (unpaired) electrons. The predicted octanol–water partition coefficient (Wildman–Crippen LogP) is 2.55. The Balaban J connectivity index is 0.00000420. The fraction of sp³-hybridized carbons (Fsp3) is 0.611. The largest absolute Gasteiger partial charge is 0.419 e. The number of carbonyl (C=O) groups excluding carboxylic acids is 1. The molecule has 11 heteroatoms. The van der Waals surface area contributed by atoms with E-state index >= 15 is 0 Å². The average Bonchev–Trinajstić information content (AvgIpc) is 2.68. The Hall–Kier alpha value is -1.79. The molecule has 1 aliphatic heterocycles. The number of hydrogen-bond acceptors (Lipinski definition) is 4. The van der Waals surface area contributed by atoms with Crippen LogP contribution in [0.3, 0.4) is 0 Å². The van der Waals surface area contributed by atoms with Crippen LogP contribution in [-0.2, 0) is 11.0 Å². The fourth-order valence-corrected chi connectivity index (χ4v) is 3.18. The monoisotopic (exact) mass is 528 g/mol. The lowest BCUT2D eigenvalue weighted by Crippen LogP contribution is -2.47. The molecule has 1 fully saturated rings. The van der Waals surface area contributed by atoms with Crippen molar-refractivity contribution in [2.45, 2.75) is 25.4 Å². The van der Waals surface area contributed by atoms with Gasteiger partial charge in [-0.25, -0.2) is 4.98 Å². The molecule has 1 aromatic rings. The third-order valence-corrected chi connectivity index (χ3v) is 4.69. The average molecular weight is 528 g/mol. The first-order valence-corrected chi connectivity index (χ1v) is 9.27. The van der Waals surface area contributed by atoms with Crippen LogP contribution in [0, 0.1) is 5.92 Å². The number of pyridine rings is 1. The summed E-state index contributed by atoms with van der Waals surface area (Å²) in [5.41, 5.74) is -0.780. The number of aliphatic imine (C=N–C) groups is 1. The van der Waals surface area contributed by atoms with Gasteiger partial charge in [-0.05, 0) is 30.9 Å². The number of nitrogens with zero attached hydrogens (tertiary/aromatic N) is 3. The van der Waals surface area contributed by atoms with Gasteiger partial charge in [0, 0.05) is 52.9 Å². The Kier molecular flexibility index (Phi) is 10.5. The smallest absolute Gasteiger partial charge is 0.368 e. The summed E-state index contributed by atoms with van der Waals surface area (Å²) in [4.78, 5) is 21.6. The van der Waals surface area contributed by atoms with Gasteiger partial charge in [-0.3, -0.25) is 9.79 Å². The number of guanidine groups is 1. The van der Waals surface area contributed by atoms with Crippen LogP contribution in [0.4, 0.5) is 19.0 Å². The van der Waals surface area contributed by atoms with Crippen molar-refractivity contribution < 1.29 is 18.0 Å². The summed E-state index contributed by atoms with van der Waals surface area (Å²) >= 11 is 0. The van der Waals surface area contributed by atoms with E-state index in [4.69, 9.17) is 0 Å². The van der Waals surface area contributed by atoms with E-state index in [0.29, 0.717) is 24.8 Å². The van der Waals surface area contributed by atoms with E-state index in [2.05, 4.69) is 30.8 Å². The molecule has 1 saturated heterocycles. The van der Waals surface area contributed by atoms with E-state index in [1.54, 1.807) is 14.1 Å². The molecule has 164 valence electrons. The van der Waals surface area contributed by atoms with Gasteiger partial charge in [0.2, 0.25) is 5.91 Å². The van der Waals surface area contributed by atoms with Crippen molar-refractivity contribution in [1.82, 2.24) is 20.5 Å². The highest BCUT2D eigenvalue weighted by atomic mass is 127. The molecular formula is C18H28F3IN6O. The fourth-order valence-electron chi connectivity index (χ4n) is 3.18. The maximum absolute atomic E-state index is 13.0. The lowest BCUT2D eigenvalue weighted by Gasteiger charge is -2.34. The first-order chi connectivity index (χ1) is 13.3. The molecule has 1 amide bonds. The molecule has 0 spiro atoms. The number of amides is 1. The molecule has 0 aromatic carbocycles. The van der Waals surface area contributed by atoms with Crippen LogP contribution in [0.1, 0.15) is 24.8 Å². The lowest BCUT2D eigenvalue weighted by molar-refractivity contribution is -0.137. The molecule has 0 unspecified atom stereocenters. The number of halogens is 4. The molecule has 0 atom stereocenters. The third-order valence-electron chi connectivity index (χ3n) is 4.69. The number of hydrogen-bond donors (Lipinski definition) is 3. The van der Waals surface area contributed by atoms with Gasteiger partial charge in [-0.1, -0.05) is 0 Å². The Bertz CT molecular complexity index is 678. The minimum atomic E-state index is -4.45. The summed E-state index contributed by atoms with van der Waals surface area (Å²) < 4.78 is 38.9. The maximum atomic E-state index is 13.0. The van der Waals surface area contributed by atoms with E-state index in [0.717, 1.165) is 32.0 Å². The highest BCUT2D eigenvalue weighted by molar-refractivity contribution is 14.0. The zero-order valence-corrected chi connectivity index (χ0v) is 18.9. The van der Waals surface area contributed by atoms with Gasteiger partial charge >= 0.3 is 6.18 Å². The van der Waals surface area contributed by atoms with Gasteiger partial charge < -0.3 is 20.9 Å². The minimum Gasteiger partial charge on any atom is -0.368 e. The van der Waals surface area contributed by atoms with E-state index in [1.165, 1.54) is 12.3 Å². The van der Waals surface area contributed by atoms with Gasteiger partial charge in [0.25, 0.3) is 0 Å². The van der Waals surface area contributed by atoms with Crippen LogP contribution in [0.5, 0.6) is 0 Å². The van der Waals surface area contributed by atoms with Crippen LogP contribution in [0.2, 0.25) is 0 Å². The highest BCUT2D eigenvalue weighted by Crippen LogP contribution is 2.33. The van der Waals surface area contributed by atoms with E-state index in [1.807, 2.05) is 0 Å². The second-order valence-electron chi connectivity index (χ2n) is 6.61. The van der Waals surface area contributed by atoms with Gasteiger partial charge in [-0.2, -0.15) is 13.2 Å². The van der Waals surface area contributed by atoms with E-state index in [-0.39, 0.29) is 42.2 Å². The number of alkyl halides is 3. The van der Waals surface area contributed by atoms with Gasteiger partial charge in [0.1, 0.15) is 5.82 Å². The topological polar surface area (TPSA) is 81.7 Å². The van der Waals surface area contributed by atoms with Crippen molar-refractivity contribution in [2.75, 3.05) is 45.6 Å². The van der Waals surface area contributed by atoms with Crippen molar-refractivity contribution >= 4 is 41.7 Å². The van der Waals surface area contributed by atoms with Gasteiger partial charge in [-0.15, -0.1) is 24.0 Å². The normalized spacial score (nSPS) is 15.5. The maximum Gasteiger partial charge on any atom is 0.419 e. The molecule has 0 aliphatic carbocycles. The van der Waals surface area contributed by atoms with Crippen molar-refractivity contribution in [3.8, 4) is 0 Å². The molecule has 29 heavy (non-hydrogen) atoms. The highest BCUT2D eigenvalue weighted by Gasteiger charge is 2.34. The van der Waals surface area contributed by atoms with Crippen LogP contribution in [-0.4, -0.2) is 62.0 Å². The summed E-state index contributed by atoms with van der Waals surface area (Å²) in [5.74, 6) is 0.944. The van der Waals surface area contributed by atoms with Crippen LogP contribution < -0.4 is 16.0 Å². The van der Waals surface area contributed by atoms with Crippen molar-refractivity contribution in [1.29, 1.82) is 0 Å². The molecular weight excluding hydrogens is 500 g/mol. The number of likely N-dealkylation sites (tertiary alicyclic amines) is 1. The van der Waals surface area contributed by atoms with Crippen LogP contribution >= 0.6 is 24.0 Å². The summed E-state index contributed by atoms with van der Waals surface area (Å²) in [6, 6.07) is 2.27. The molecule has 0 saturated carbocycles. The van der Waals surface area contributed by atoms with Crippen LogP contribution in [0.15, 0.2) is 23.3 Å². The number of anilines is 1. The molecule has 1 aromatic heterocycles. The molecule has 2 rings (SSSR count). The zero-order valence-electron chi connectivity index (χ0n) is 16.6. The molecule has 7 nitrogen and oxygen atoms in total. The van der Waals surface area contributed by atoms with Crippen molar-refractivity contribution in [2.24, 2.45) is 10.9 Å². The Morgan fingerprint density at radius 2 is 2.00 bits per heavy atom. The zero-order chi connectivity index (χ0) is 20.6. The van der Waals surface area contributed by atoms with Gasteiger partial charge in [0.05, 0.1) is 5.56 Å². The summed E-state index contributed by atoms with van der Waals surface area (Å²) in [6.45, 7) is 2.24. The van der Waals surface area contributed by atoms with E-state index < -0.39 is 11.7 Å². The summed E-state index contributed by atoms with van der Waals surface area (Å²) in [7, 11) is 3.31. The number of piperidine rings is 1. The molecule has 0 bridgehead atoms. The molecule has 3 N–H and O–H groups in total. The minimum absolute atomic E-state index is 0. The number of aromatic nitrogens is 1. The molecule has 1 aliphatic rings. The SMILES string of the molecule is CN=C(NCCNc1ncccc1C(F)(F)F)N1CCC(CC(=O)NC)CC1.I. The van der Waals surface area contributed by atoms with Crippen molar-refractivity contribution in [3.63, 3.8) is 0 Å². The Morgan fingerprint density at radius 3 is 2.59 bits per heavy atom. The second-order valence-corrected chi connectivity index (χ2v) is 6.61. The first-order valence-electron chi connectivity index (χ1n) is 9.27. The Labute approximate surface area is 185 Å². The Morgan fingerprint density at radius 1 is 1.31 bits per heavy atom.